The average Bonchev–Trinajstić information content (AvgIpc) is 2.96. The lowest BCUT2D eigenvalue weighted by atomic mass is 9.96. The van der Waals surface area contributed by atoms with E-state index in [1.807, 2.05) is 49.4 Å². The molecular formula is C32H37FN4O3. The minimum absolute atomic E-state index is 0.216. The molecule has 1 heterocycles. The quantitative estimate of drug-likeness (QED) is 0.361. The van der Waals surface area contributed by atoms with Crippen LogP contribution in [0.3, 0.4) is 0 Å². The summed E-state index contributed by atoms with van der Waals surface area (Å²) in [4.78, 5) is 43.9. The topological polar surface area (TPSA) is 95.7 Å². The first-order valence-corrected chi connectivity index (χ1v) is 13.8. The fourth-order valence-corrected chi connectivity index (χ4v) is 5.33. The Labute approximate surface area is 234 Å². The molecule has 0 radical (unpaired) electrons. The number of amides is 3. The van der Waals surface area contributed by atoms with Crippen molar-refractivity contribution in [2.24, 2.45) is 5.73 Å². The molecule has 7 nitrogen and oxygen atoms in total. The van der Waals surface area contributed by atoms with Gasteiger partial charge in [0.05, 0.1) is 6.04 Å². The first-order valence-electron chi connectivity index (χ1n) is 13.8. The zero-order valence-electron chi connectivity index (χ0n) is 22.9. The van der Waals surface area contributed by atoms with Crippen LogP contribution in [0.2, 0.25) is 0 Å². The first-order chi connectivity index (χ1) is 19.3. The molecule has 0 saturated carbocycles. The summed E-state index contributed by atoms with van der Waals surface area (Å²) >= 11 is 0. The summed E-state index contributed by atoms with van der Waals surface area (Å²) in [6.07, 6.45) is 3.32. The number of fused-ring (bicyclic) bond motifs is 1. The van der Waals surface area contributed by atoms with Gasteiger partial charge in [-0.05, 0) is 46.9 Å². The van der Waals surface area contributed by atoms with Crippen LogP contribution in [-0.4, -0.2) is 65.3 Å². The molecule has 210 valence electrons. The number of carbonyl (C=O) groups excluding carboxylic acids is 3. The standard InChI is InChI=1S/C32H37FN4O3/c1-3-7-28-32(40)37(18-17-36(28)31(39)27(34)20-22-11-14-26(33)15-12-22)29(30(38)35-16-4-2)21-23-10-13-24-8-5-6-9-25(24)19-23/h4-6,8-15,19,27-29H,2-3,7,16-18,20-21,34H2,1H3,(H,35,38)/t27-,28+,29+/m1/s1. The third kappa shape index (κ3) is 6.74. The van der Waals surface area contributed by atoms with Crippen LogP contribution < -0.4 is 11.1 Å². The molecular weight excluding hydrogens is 507 g/mol. The summed E-state index contributed by atoms with van der Waals surface area (Å²) in [6, 6.07) is 17.6. The Morgan fingerprint density at radius 2 is 1.75 bits per heavy atom. The summed E-state index contributed by atoms with van der Waals surface area (Å²) in [6.45, 7) is 6.42. The molecule has 3 atom stereocenters. The van der Waals surface area contributed by atoms with E-state index in [-0.39, 0.29) is 49.6 Å². The Morgan fingerprint density at radius 1 is 1.05 bits per heavy atom. The number of nitrogens with one attached hydrogen (secondary N) is 1. The lowest BCUT2D eigenvalue weighted by Crippen LogP contribution is -2.65. The molecule has 4 rings (SSSR count). The SMILES string of the molecule is C=CCNC(=O)[C@H](Cc1ccc2ccccc2c1)N1CCN(C(=O)[C@H](N)Cc2ccc(F)cc2)[C@@H](CCC)C1=O. The van der Waals surface area contributed by atoms with Gasteiger partial charge in [-0.15, -0.1) is 6.58 Å². The molecule has 40 heavy (non-hydrogen) atoms. The predicted molar refractivity (Wildman–Crippen MR) is 155 cm³/mol. The van der Waals surface area contributed by atoms with Crippen molar-refractivity contribution >= 4 is 28.5 Å². The second-order valence-corrected chi connectivity index (χ2v) is 10.2. The third-order valence-corrected chi connectivity index (χ3v) is 7.40. The van der Waals surface area contributed by atoms with Gasteiger partial charge < -0.3 is 20.9 Å². The van der Waals surface area contributed by atoms with Crippen LogP contribution in [0.4, 0.5) is 4.39 Å². The summed E-state index contributed by atoms with van der Waals surface area (Å²) < 4.78 is 13.3. The molecule has 3 aromatic rings. The van der Waals surface area contributed by atoms with E-state index in [0.717, 1.165) is 21.9 Å². The highest BCUT2D eigenvalue weighted by atomic mass is 19.1. The van der Waals surface area contributed by atoms with Crippen molar-refractivity contribution in [3.8, 4) is 0 Å². The van der Waals surface area contributed by atoms with Crippen molar-refractivity contribution < 1.29 is 18.8 Å². The fraction of sp³-hybridized carbons (Fsp3) is 0.344. The molecule has 1 fully saturated rings. The van der Waals surface area contributed by atoms with Gasteiger partial charge in [-0.2, -0.15) is 0 Å². The maximum Gasteiger partial charge on any atom is 0.246 e. The van der Waals surface area contributed by atoms with E-state index in [0.29, 0.717) is 19.3 Å². The average molecular weight is 545 g/mol. The van der Waals surface area contributed by atoms with Crippen LogP contribution in [-0.2, 0) is 27.2 Å². The number of carbonyl (C=O) groups is 3. The number of hydrogen-bond acceptors (Lipinski definition) is 4. The first kappa shape index (κ1) is 29.0. The molecule has 8 heteroatoms. The Balaban J connectivity index is 1.55. The maximum atomic E-state index is 13.9. The summed E-state index contributed by atoms with van der Waals surface area (Å²) in [5.74, 6) is -1.19. The summed E-state index contributed by atoms with van der Waals surface area (Å²) in [5, 5.41) is 5.02. The number of piperazine rings is 1. The molecule has 0 bridgehead atoms. The van der Waals surface area contributed by atoms with Crippen molar-refractivity contribution in [2.45, 2.75) is 50.7 Å². The zero-order valence-corrected chi connectivity index (χ0v) is 22.9. The number of benzene rings is 3. The third-order valence-electron chi connectivity index (χ3n) is 7.40. The van der Waals surface area contributed by atoms with E-state index >= 15 is 0 Å². The zero-order chi connectivity index (χ0) is 28.6. The van der Waals surface area contributed by atoms with Gasteiger partial charge >= 0.3 is 0 Å². The molecule has 0 aliphatic carbocycles. The van der Waals surface area contributed by atoms with Crippen LogP contribution in [0.15, 0.2) is 79.4 Å². The van der Waals surface area contributed by atoms with Crippen molar-refractivity contribution in [1.82, 2.24) is 15.1 Å². The number of hydrogen-bond donors (Lipinski definition) is 2. The number of nitrogens with zero attached hydrogens (tertiary/aromatic N) is 2. The molecule has 0 spiro atoms. The molecule has 3 N–H and O–H groups in total. The molecule has 1 aliphatic heterocycles. The molecule has 1 saturated heterocycles. The highest BCUT2D eigenvalue weighted by molar-refractivity contribution is 5.94. The minimum Gasteiger partial charge on any atom is -0.351 e. The summed E-state index contributed by atoms with van der Waals surface area (Å²) in [7, 11) is 0. The van der Waals surface area contributed by atoms with E-state index < -0.39 is 18.1 Å². The van der Waals surface area contributed by atoms with E-state index in [2.05, 4.69) is 11.9 Å². The van der Waals surface area contributed by atoms with E-state index in [1.54, 1.807) is 28.0 Å². The van der Waals surface area contributed by atoms with Gasteiger partial charge in [0.2, 0.25) is 17.7 Å². The molecule has 0 unspecified atom stereocenters. The Bertz CT molecular complexity index is 1360. The number of nitrogens with two attached hydrogens (primary N) is 1. The largest absolute Gasteiger partial charge is 0.351 e. The monoisotopic (exact) mass is 544 g/mol. The minimum atomic E-state index is -0.867. The van der Waals surface area contributed by atoms with Crippen LogP contribution in [0.5, 0.6) is 0 Å². The molecule has 1 aliphatic rings. The predicted octanol–water partition coefficient (Wildman–Crippen LogP) is 3.60. The second kappa shape index (κ2) is 13.3. The highest BCUT2D eigenvalue weighted by Gasteiger charge is 2.42. The maximum absolute atomic E-state index is 13.9. The Morgan fingerprint density at radius 3 is 2.45 bits per heavy atom. The van der Waals surface area contributed by atoms with Crippen molar-refractivity contribution in [3.05, 3.63) is 96.3 Å². The van der Waals surface area contributed by atoms with Crippen LogP contribution in [0.25, 0.3) is 10.8 Å². The van der Waals surface area contributed by atoms with Crippen LogP contribution >= 0.6 is 0 Å². The lowest BCUT2D eigenvalue weighted by molar-refractivity contribution is -0.156. The number of rotatable bonds is 11. The van der Waals surface area contributed by atoms with Gasteiger partial charge in [-0.1, -0.05) is 74.0 Å². The smallest absolute Gasteiger partial charge is 0.246 e. The van der Waals surface area contributed by atoms with E-state index in [9.17, 15) is 18.8 Å². The van der Waals surface area contributed by atoms with Crippen molar-refractivity contribution in [3.63, 3.8) is 0 Å². The molecule has 0 aromatic heterocycles. The molecule has 3 amide bonds. The van der Waals surface area contributed by atoms with Gasteiger partial charge in [0.15, 0.2) is 0 Å². The van der Waals surface area contributed by atoms with Crippen LogP contribution in [0.1, 0.15) is 30.9 Å². The fourth-order valence-electron chi connectivity index (χ4n) is 5.33. The van der Waals surface area contributed by atoms with Crippen molar-refractivity contribution in [1.29, 1.82) is 0 Å². The van der Waals surface area contributed by atoms with E-state index in [4.69, 9.17) is 5.73 Å². The van der Waals surface area contributed by atoms with Crippen LogP contribution in [0, 0.1) is 5.82 Å². The summed E-state index contributed by atoms with van der Waals surface area (Å²) in [5.41, 5.74) is 7.97. The van der Waals surface area contributed by atoms with Crippen molar-refractivity contribution in [2.75, 3.05) is 19.6 Å². The lowest BCUT2D eigenvalue weighted by Gasteiger charge is -2.44. The highest BCUT2D eigenvalue weighted by Crippen LogP contribution is 2.23. The normalized spacial score (nSPS) is 17.0. The van der Waals surface area contributed by atoms with E-state index in [1.165, 1.54) is 12.1 Å². The number of halogens is 1. The van der Waals surface area contributed by atoms with Gasteiger partial charge in [-0.25, -0.2) is 4.39 Å². The van der Waals surface area contributed by atoms with Gasteiger partial charge in [0, 0.05) is 26.1 Å². The Kier molecular flexibility index (Phi) is 9.66. The van der Waals surface area contributed by atoms with Gasteiger partial charge in [-0.3, -0.25) is 14.4 Å². The van der Waals surface area contributed by atoms with Gasteiger partial charge in [0.25, 0.3) is 0 Å². The Hall–Kier alpha value is -4.04. The van der Waals surface area contributed by atoms with Gasteiger partial charge in [0.1, 0.15) is 17.9 Å². The molecule has 3 aromatic carbocycles. The second-order valence-electron chi connectivity index (χ2n) is 10.2.